The average Bonchev–Trinajstić information content (AvgIpc) is 2.34. The maximum atomic E-state index is 5.53. The molecule has 0 aromatic heterocycles. The van der Waals surface area contributed by atoms with E-state index in [1.165, 1.54) is 25.8 Å². The lowest BCUT2D eigenvalue weighted by atomic mass is 10.0. The van der Waals surface area contributed by atoms with Gasteiger partial charge in [0.25, 0.3) is 0 Å². The van der Waals surface area contributed by atoms with Crippen LogP contribution in [0.15, 0.2) is 0 Å². The molecule has 0 aromatic carbocycles. The standard InChI is InChI=1S/C8H15NO/c1-7-8-4-2-3-5-9(8)6-10-7/h7-8H,2-6H2,1H3/t7-,8+/m1/s1. The van der Waals surface area contributed by atoms with Gasteiger partial charge in [-0.1, -0.05) is 6.42 Å². The Morgan fingerprint density at radius 3 is 3.10 bits per heavy atom. The normalized spacial score (nSPS) is 41.7. The number of hydrogen-bond acceptors (Lipinski definition) is 2. The second-order valence-electron chi connectivity index (χ2n) is 3.38. The molecule has 0 spiro atoms. The van der Waals surface area contributed by atoms with E-state index in [-0.39, 0.29) is 0 Å². The third-order valence-electron chi connectivity index (χ3n) is 2.71. The fourth-order valence-corrected chi connectivity index (χ4v) is 2.03. The smallest absolute Gasteiger partial charge is 0.0997 e. The van der Waals surface area contributed by atoms with Crippen LogP contribution < -0.4 is 0 Å². The summed E-state index contributed by atoms with van der Waals surface area (Å²) in [5.74, 6) is 0. The molecule has 0 aromatic rings. The van der Waals surface area contributed by atoms with E-state index in [2.05, 4.69) is 11.8 Å². The van der Waals surface area contributed by atoms with Gasteiger partial charge >= 0.3 is 0 Å². The molecule has 0 aliphatic carbocycles. The molecule has 2 heteroatoms. The van der Waals surface area contributed by atoms with Gasteiger partial charge in [-0.25, -0.2) is 0 Å². The van der Waals surface area contributed by atoms with Gasteiger partial charge in [-0.2, -0.15) is 0 Å². The van der Waals surface area contributed by atoms with Crippen LogP contribution in [0.4, 0.5) is 0 Å². The van der Waals surface area contributed by atoms with E-state index in [4.69, 9.17) is 4.74 Å². The molecule has 2 fully saturated rings. The van der Waals surface area contributed by atoms with Crippen LogP contribution in [0.2, 0.25) is 0 Å². The van der Waals surface area contributed by atoms with Crippen molar-refractivity contribution in [3.05, 3.63) is 0 Å². The Morgan fingerprint density at radius 1 is 1.40 bits per heavy atom. The van der Waals surface area contributed by atoms with Gasteiger partial charge in [0.15, 0.2) is 0 Å². The van der Waals surface area contributed by atoms with Gasteiger partial charge in [-0.3, -0.25) is 4.90 Å². The molecule has 0 radical (unpaired) electrons. The number of fused-ring (bicyclic) bond motifs is 1. The zero-order valence-electron chi connectivity index (χ0n) is 6.55. The van der Waals surface area contributed by atoms with Gasteiger partial charge in [0.1, 0.15) is 0 Å². The summed E-state index contributed by atoms with van der Waals surface area (Å²) in [7, 11) is 0. The first-order chi connectivity index (χ1) is 4.88. The molecule has 0 amide bonds. The fraction of sp³-hybridized carbons (Fsp3) is 1.00. The second-order valence-corrected chi connectivity index (χ2v) is 3.38. The maximum Gasteiger partial charge on any atom is 0.0997 e. The van der Waals surface area contributed by atoms with Crippen LogP contribution in [0.5, 0.6) is 0 Å². The molecule has 0 unspecified atom stereocenters. The van der Waals surface area contributed by atoms with Crippen molar-refractivity contribution in [3.63, 3.8) is 0 Å². The highest BCUT2D eigenvalue weighted by molar-refractivity contribution is 4.84. The van der Waals surface area contributed by atoms with E-state index >= 15 is 0 Å². The summed E-state index contributed by atoms with van der Waals surface area (Å²) >= 11 is 0. The summed E-state index contributed by atoms with van der Waals surface area (Å²) in [6.07, 6.45) is 4.60. The van der Waals surface area contributed by atoms with Gasteiger partial charge in [0.05, 0.1) is 12.8 Å². The molecule has 0 N–H and O–H groups in total. The van der Waals surface area contributed by atoms with Crippen LogP contribution in [0.3, 0.4) is 0 Å². The van der Waals surface area contributed by atoms with Crippen LogP contribution in [0, 0.1) is 0 Å². The lowest BCUT2D eigenvalue weighted by Crippen LogP contribution is -2.37. The van der Waals surface area contributed by atoms with Crippen LogP contribution in [0.25, 0.3) is 0 Å². The summed E-state index contributed by atoms with van der Waals surface area (Å²) < 4.78 is 5.53. The van der Waals surface area contributed by atoms with Gasteiger partial charge in [-0.15, -0.1) is 0 Å². The largest absolute Gasteiger partial charge is 0.361 e. The number of nitrogens with zero attached hydrogens (tertiary/aromatic N) is 1. The molecule has 2 saturated heterocycles. The molecule has 2 heterocycles. The second kappa shape index (κ2) is 2.51. The lowest BCUT2D eigenvalue weighted by molar-refractivity contribution is 0.0991. The van der Waals surface area contributed by atoms with Crippen molar-refractivity contribution in [1.82, 2.24) is 4.90 Å². The third-order valence-corrected chi connectivity index (χ3v) is 2.71. The average molecular weight is 141 g/mol. The summed E-state index contributed by atoms with van der Waals surface area (Å²) in [6.45, 7) is 4.33. The van der Waals surface area contributed by atoms with Gasteiger partial charge in [0, 0.05) is 12.6 Å². The van der Waals surface area contributed by atoms with Crippen molar-refractivity contribution < 1.29 is 4.74 Å². The van der Waals surface area contributed by atoms with Crippen molar-refractivity contribution in [2.45, 2.75) is 38.3 Å². The Balaban J connectivity index is 2.01. The first-order valence-electron chi connectivity index (χ1n) is 4.23. The Morgan fingerprint density at radius 2 is 2.30 bits per heavy atom. The van der Waals surface area contributed by atoms with E-state index in [0.717, 1.165) is 12.8 Å². The van der Waals surface area contributed by atoms with E-state index < -0.39 is 0 Å². The quantitative estimate of drug-likeness (QED) is 0.503. The minimum Gasteiger partial charge on any atom is -0.361 e. The van der Waals surface area contributed by atoms with E-state index in [1.807, 2.05) is 0 Å². The number of ether oxygens (including phenoxy) is 1. The predicted molar refractivity (Wildman–Crippen MR) is 39.8 cm³/mol. The van der Waals surface area contributed by atoms with Crippen molar-refractivity contribution >= 4 is 0 Å². The van der Waals surface area contributed by atoms with E-state index in [9.17, 15) is 0 Å². The Bertz CT molecular complexity index is 124. The predicted octanol–water partition coefficient (Wildman–Crippen LogP) is 1.22. The molecule has 58 valence electrons. The number of hydrogen-bond donors (Lipinski definition) is 0. The highest BCUT2D eigenvalue weighted by Crippen LogP contribution is 2.25. The SMILES string of the molecule is C[C@H]1OCN2CCCC[C@@H]12. The minimum absolute atomic E-state index is 0.486. The highest BCUT2D eigenvalue weighted by atomic mass is 16.5. The Kier molecular flexibility index (Phi) is 1.66. The van der Waals surface area contributed by atoms with Crippen molar-refractivity contribution in [2.75, 3.05) is 13.3 Å². The third kappa shape index (κ3) is 0.956. The van der Waals surface area contributed by atoms with Crippen molar-refractivity contribution in [2.24, 2.45) is 0 Å². The molecule has 0 saturated carbocycles. The first kappa shape index (κ1) is 6.62. The first-order valence-corrected chi connectivity index (χ1v) is 4.23. The van der Waals surface area contributed by atoms with E-state index in [1.54, 1.807) is 0 Å². The zero-order chi connectivity index (χ0) is 6.97. The monoisotopic (exact) mass is 141 g/mol. The molecule has 2 rings (SSSR count). The van der Waals surface area contributed by atoms with Crippen molar-refractivity contribution in [1.29, 1.82) is 0 Å². The summed E-state index contributed by atoms with van der Waals surface area (Å²) in [4.78, 5) is 2.47. The highest BCUT2D eigenvalue weighted by Gasteiger charge is 2.33. The Hall–Kier alpha value is -0.0800. The molecule has 2 aliphatic heterocycles. The molecule has 0 bridgehead atoms. The summed E-state index contributed by atoms with van der Waals surface area (Å²) in [5, 5.41) is 0. The maximum absolute atomic E-state index is 5.53. The summed E-state index contributed by atoms with van der Waals surface area (Å²) in [5.41, 5.74) is 0. The molecule has 2 nitrogen and oxygen atoms in total. The zero-order valence-corrected chi connectivity index (χ0v) is 6.55. The van der Waals surface area contributed by atoms with Crippen LogP contribution >= 0.6 is 0 Å². The topological polar surface area (TPSA) is 12.5 Å². The molecule has 10 heavy (non-hydrogen) atoms. The van der Waals surface area contributed by atoms with Crippen LogP contribution in [-0.2, 0) is 4.74 Å². The number of piperidine rings is 1. The minimum atomic E-state index is 0.486. The van der Waals surface area contributed by atoms with Crippen LogP contribution in [0.1, 0.15) is 26.2 Å². The molecule has 2 aliphatic rings. The van der Waals surface area contributed by atoms with Crippen molar-refractivity contribution in [3.8, 4) is 0 Å². The molecular weight excluding hydrogens is 126 g/mol. The van der Waals surface area contributed by atoms with Gasteiger partial charge in [-0.05, 0) is 19.8 Å². The van der Waals surface area contributed by atoms with Gasteiger partial charge in [0.2, 0.25) is 0 Å². The number of rotatable bonds is 0. The Labute approximate surface area is 62.2 Å². The molecule has 2 atom stereocenters. The molecular formula is C8H15NO. The van der Waals surface area contributed by atoms with E-state index in [0.29, 0.717) is 6.10 Å². The van der Waals surface area contributed by atoms with Gasteiger partial charge < -0.3 is 4.74 Å². The fourth-order valence-electron chi connectivity index (χ4n) is 2.03. The van der Waals surface area contributed by atoms with Crippen LogP contribution in [-0.4, -0.2) is 30.3 Å². The summed E-state index contributed by atoms with van der Waals surface area (Å²) in [6, 6.07) is 0.744. The lowest BCUT2D eigenvalue weighted by Gasteiger charge is -2.28.